The van der Waals surface area contributed by atoms with Crippen molar-refractivity contribution in [3.8, 4) is 0 Å². The lowest BCUT2D eigenvalue weighted by molar-refractivity contribution is 0.151. The number of aromatic nitrogens is 1. The lowest BCUT2D eigenvalue weighted by Gasteiger charge is -2.08. The monoisotopic (exact) mass is 307 g/mol. The average molecular weight is 307 g/mol. The summed E-state index contributed by atoms with van der Waals surface area (Å²) in [5, 5.41) is 0.596. The SMILES string of the molecule is O=S(=O)(c1ccccc1)n1ccc2ccc(C(F)F)cc21. The van der Waals surface area contributed by atoms with Crippen molar-refractivity contribution in [2.75, 3.05) is 0 Å². The van der Waals surface area contributed by atoms with Crippen LogP contribution in [0.5, 0.6) is 0 Å². The van der Waals surface area contributed by atoms with Gasteiger partial charge in [0.15, 0.2) is 0 Å². The lowest BCUT2D eigenvalue weighted by atomic mass is 10.2. The summed E-state index contributed by atoms with van der Waals surface area (Å²) in [4.78, 5) is 0.116. The Hall–Kier alpha value is -2.21. The number of rotatable bonds is 3. The molecule has 0 fully saturated rings. The van der Waals surface area contributed by atoms with E-state index in [4.69, 9.17) is 0 Å². The van der Waals surface area contributed by atoms with Crippen molar-refractivity contribution in [1.29, 1.82) is 0 Å². The predicted octanol–water partition coefficient (Wildman–Crippen LogP) is 3.82. The summed E-state index contributed by atoms with van der Waals surface area (Å²) in [7, 11) is -3.79. The van der Waals surface area contributed by atoms with Crippen molar-refractivity contribution in [2.45, 2.75) is 11.3 Å². The van der Waals surface area contributed by atoms with Crippen molar-refractivity contribution >= 4 is 20.9 Å². The molecule has 21 heavy (non-hydrogen) atoms. The second-order valence-electron chi connectivity index (χ2n) is 4.55. The first-order valence-corrected chi connectivity index (χ1v) is 7.64. The maximum absolute atomic E-state index is 12.8. The highest BCUT2D eigenvalue weighted by atomic mass is 32.2. The molecule has 6 heteroatoms. The van der Waals surface area contributed by atoms with E-state index in [-0.39, 0.29) is 16.0 Å². The summed E-state index contributed by atoms with van der Waals surface area (Å²) in [6, 6.07) is 13.5. The fourth-order valence-corrected chi connectivity index (χ4v) is 3.54. The molecule has 3 rings (SSSR count). The predicted molar refractivity (Wildman–Crippen MR) is 75.9 cm³/mol. The van der Waals surface area contributed by atoms with Crippen molar-refractivity contribution < 1.29 is 17.2 Å². The van der Waals surface area contributed by atoms with Crippen molar-refractivity contribution in [3.05, 3.63) is 66.4 Å². The molecule has 0 aliphatic rings. The highest BCUT2D eigenvalue weighted by Gasteiger charge is 2.19. The van der Waals surface area contributed by atoms with E-state index in [1.165, 1.54) is 36.5 Å². The molecule has 108 valence electrons. The smallest absolute Gasteiger partial charge is 0.241 e. The third kappa shape index (κ3) is 2.31. The number of nitrogens with zero attached hydrogens (tertiary/aromatic N) is 1. The van der Waals surface area contributed by atoms with E-state index >= 15 is 0 Å². The van der Waals surface area contributed by atoms with Gasteiger partial charge in [0.05, 0.1) is 10.4 Å². The van der Waals surface area contributed by atoms with Crippen LogP contribution in [0.4, 0.5) is 8.78 Å². The maximum atomic E-state index is 12.8. The largest absolute Gasteiger partial charge is 0.268 e. The molecule has 0 spiro atoms. The fraction of sp³-hybridized carbons (Fsp3) is 0.0667. The van der Waals surface area contributed by atoms with E-state index in [1.807, 2.05) is 0 Å². The molecule has 0 aliphatic carbocycles. The van der Waals surface area contributed by atoms with E-state index in [2.05, 4.69) is 0 Å². The van der Waals surface area contributed by atoms with Crippen LogP contribution >= 0.6 is 0 Å². The Bertz CT molecular complexity index is 886. The van der Waals surface area contributed by atoms with Gasteiger partial charge in [-0.3, -0.25) is 0 Å². The molecule has 1 aromatic heterocycles. The van der Waals surface area contributed by atoms with E-state index < -0.39 is 16.4 Å². The Balaban J connectivity index is 2.23. The van der Waals surface area contributed by atoms with Crippen LogP contribution in [0.15, 0.2) is 65.7 Å². The minimum absolute atomic E-state index is 0.116. The van der Waals surface area contributed by atoms with E-state index in [1.54, 1.807) is 24.3 Å². The van der Waals surface area contributed by atoms with Crippen LogP contribution in [-0.2, 0) is 10.0 Å². The van der Waals surface area contributed by atoms with Crippen LogP contribution in [0.3, 0.4) is 0 Å². The number of hydrogen-bond acceptors (Lipinski definition) is 2. The van der Waals surface area contributed by atoms with E-state index in [0.29, 0.717) is 5.39 Å². The maximum Gasteiger partial charge on any atom is 0.268 e. The van der Waals surface area contributed by atoms with E-state index in [0.717, 1.165) is 3.97 Å². The number of hydrogen-bond donors (Lipinski definition) is 0. The third-order valence-electron chi connectivity index (χ3n) is 3.23. The molecule has 0 unspecified atom stereocenters. The van der Waals surface area contributed by atoms with E-state index in [9.17, 15) is 17.2 Å². The molecule has 2 aromatic carbocycles. The van der Waals surface area contributed by atoms with Gasteiger partial charge in [0.25, 0.3) is 16.4 Å². The second-order valence-corrected chi connectivity index (χ2v) is 6.36. The number of alkyl halides is 2. The zero-order valence-electron chi connectivity index (χ0n) is 10.8. The molecule has 3 aromatic rings. The molecule has 0 saturated carbocycles. The first kappa shape index (κ1) is 13.8. The Morgan fingerprint density at radius 1 is 0.952 bits per heavy atom. The van der Waals surface area contributed by atoms with Gasteiger partial charge in [0, 0.05) is 17.1 Å². The first-order chi connectivity index (χ1) is 10.00. The van der Waals surface area contributed by atoms with Crippen molar-refractivity contribution in [3.63, 3.8) is 0 Å². The molecule has 3 nitrogen and oxygen atoms in total. The second kappa shape index (κ2) is 4.96. The van der Waals surface area contributed by atoms with Crippen LogP contribution in [-0.4, -0.2) is 12.4 Å². The van der Waals surface area contributed by atoms with Gasteiger partial charge in [-0.15, -0.1) is 0 Å². The Kier molecular flexibility index (Phi) is 3.25. The highest BCUT2D eigenvalue weighted by Crippen LogP contribution is 2.27. The standard InChI is InChI=1S/C15H11F2NO2S/c16-15(17)12-7-6-11-8-9-18(14(11)10-12)21(19,20)13-4-2-1-3-5-13/h1-10,15H. The van der Waals surface area contributed by atoms with Crippen LogP contribution in [0.25, 0.3) is 10.9 Å². The molecule has 0 saturated heterocycles. The molecular weight excluding hydrogens is 296 g/mol. The van der Waals surface area contributed by atoms with Crippen LogP contribution < -0.4 is 0 Å². The molecule has 0 N–H and O–H groups in total. The van der Waals surface area contributed by atoms with Gasteiger partial charge >= 0.3 is 0 Å². The normalized spacial score (nSPS) is 12.1. The lowest BCUT2D eigenvalue weighted by Crippen LogP contribution is -2.11. The molecule has 0 amide bonds. The minimum Gasteiger partial charge on any atom is -0.241 e. The van der Waals surface area contributed by atoms with Crippen LogP contribution in [0.1, 0.15) is 12.0 Å². The first-order valence-electron chi connectivity index (χ1n) is 6.20. The summed E-state index contributed by atoms with van der Waals surface area (Å²) in [5.41, 5.74) is 0.0439. The zero-order chi connectivity index (χ0) is 15.0. The topological polar surface area (TPSA) is 39.1 Å². The fourth-order valence-electron chi connectivity index (χ4n) is 2.17. The van der Waals surface area contributed by atoms with Crippen molar-refractivity contribution in [2.24, 2.45) is 0 Å². The zero-order valence-corrected chi connectivity index (χ0v) is 11.6. The van der Waals surface area contributed by atoms with Gasteiger partial charge in [-0.25, -0.2) is 21.2 Å². The summed E-state index contributed by atoms with van der Waals surface area (Å²) in [6.07, 6.45) is -1.26. The Morgan fingerprint density at radius 3 is 2.33 bits per heavy atom. The number of benzene rings is 2. The molecule has 0 atom stereocenters. The summed E-state index contributed by atoms with van der Waals surface area (Å²) in [6.45, 7) is 0. The molecule has 1 heterocycles. The van der Waals surface area contributed by atoms with Gasteiger partial charge in [-0.2, -0.15) is 0 Å². The van der Waals surface area contributed by atoms with Crippen LogP contribution in [0.2, 0.25) is 0 Å². The molecular formula is C15H11F2NO2S. The number of halogens is 2. The minimum atomic E-state index is -3.79. The summed E-state index contributed by atoms with van der Waals surface area (Å²) < 4.78 is 51.7. The van der Waals surface area contributed by atoms with Gasteiger partial charge in [0.2, 0.25) is 0 Å². The van der Waals surface area contributed by atoms with Gasteiger partial charge in [-0.05, 0) is 24.3 Å². The van der Waals surface area contributed by atoms with Gasteiger partial charge in [-0.1, -0.05) is 30.3 Å². The highest BCUT2D eigenvalue weighted by molar-refractivity contribution is 7.90. The molecule has 0 radical (unpaired) electrons. The van der Waals surface area contributed by atoms with Gasteiger partial charge < -0.3 is 0 Å². The summed E-state index contributed by atoms with van der Waals surface area (Å²) in [5.74, 6) is 0. The average Bonchev–Trinajstić information content (AvgIpc) is 2.91. The third-order valence-corrected chi connectivity index (χ3v) is 4.94. The van der Waals surface area contributed by atoms with Gasteiger partial charge in [0.1, 0.15) is 0 Å². The Labute approximate surface area is 120 Å². The number of fused-ring (bicyclic) bond motifs is 1. The molecule has 0 aliphatic heterocycles. The van der Waals surface area contributed by atoms with Crippen molar-refractivity contribution in [1.82, 2.24) is 3.97 Å². The summed E-state index contributed by atoms with van der Waals surface area (Å²) >= 11 is 0. The molecule has 0 bridgehead atoms. The quantitative estimate of drug-likeness (QED) is 0.738. The Morgan fingerprint density at radius 2 is 1.67 bits per heavy atom. The van der Waals surface area contributed by atoms with Crippen LogP contribution in [0, 0.1) is 0 Å².